The zero-order valence-electron chi connectivity index (χ0n) is 9.94. The van der Waals surface area contributed by atoms with Gasteiger partial charge in [-0.25, -0.2) is 0 Å². The van der Waals surface area contributed by atoms with Crippen LogP contribution in [-0.4, -0.2) is 28.0 Å². The van der Waals surface area contributed by atoms with Crippen LogP contribution >= 0.6 is 0 Å². The standard InChI is InChI=1S/C11H21N3O/c1-4-6-15-7-5-11-13-12-9-14(11)8-10(2)3/h9-10H,4-8H2,1-3H3. The van der Waals surface area contributed by atoms with Crippen molar-refractivity contribution < 1.29 is 4.74 Å². The van der Waals surface area contributed by atoms with E-state index in [1.54, 1.807) is 6.33 Å². The number of ether oxygens (including phenoxy) is 1. The summed E-state index contributed by atoms with van der Waals surface area (Å²) in [5, 5.41) is 8.03. The number of hydrogen-bond acceptors (Lipinski definition) is 3. The monoisotopic (exact) mass is 211 g/mol. The van der Waals surface area contributed by atoms with Crippen LogP contribution in [0.2, 0.25) is 0 Å². The molecule has 1 heterocycles. The van der Waals surface area contributed by atoms with E-state index in [1.165, 1.54) is 0 Å². The number of hydrogen-bond donors (Lipinski definition) is 0. The van der Waals surface area contributed by atoms with Crippen LogP contribution in [0.25, 0.3) is 0 Å². The highest BCUT2D eigenvalue weighted by Crippen LogP contribution is 2.03. The second-order valence-electron chi connectivity index (χ2n) is 4.16. The van der Waals surface area contributed by atoms with Crippen LogP contribution in [-0.2, 0) is 17.7 Å². The molecule has 0 saturated heterocycles. The molecule has 1 aromatic rings. The van der Waals surface area contributed by atoms with E-state index < -0.39 is 0 Å². The fourth-order valence-corrected chi connectivity index (χ4v) is 1.43. The molecule has 4 heteroatoms. The molecular weight excluding hydrogens is 190 g/mol. The van der Waals surface area contributed by atoms with Gasteiger partial charge in [-0.3, -0.25) is 0 Å². The second kappa shape index (κ2) is 6.56. The molecule has 0 saturated carbocycles. The smallest absolute Gasteiger partial charge is 0.135 e. The maximum atomic E-state index is 5.43. The summed E-state index contributed by atoms with van der Waals surface area (Å²) >= 11 is 0. The molecule has 0 atom stereocenters. The molecule has 1 aromatic heterocycles. The Morgan fingerprint density at radius 2 is 2.20 bits per heavy atom. The Kier molecular flexibility index (Phi) is 5.32. The molecule has 15 heavy (non-hydrogen) atoms. The second-order valence-corrected chi connectivity index (χ2v) is 4.16. The lowest BCUT2D eigenvalue weighted by Gasteiger charge is -2.08. The summed E-state index contributed by atoms with van der Waals surface area (Å²) in [5.74, 6) is 1.65. The van der Waals surface area contributed by atoms with Crippen molar-refractivity contribution in [3.63, 3.8) is 0 Å². The van der Waals surface area contributed by atoms with Gasteiger partial charge in [0.1, 0.15) is 12.2 Å². The van der Waals surface area contributed by atoms with E-state index >= 15 is 0 Å². The van der Waals surface area contributed by atoms with Gasteiger partial charge in [-0.05, 0) is 12.3 Å². The molecule has 86 valence electrons. The van der Waals surface area contributed by atoms with Gasteiger partial charge in [0.2, 0.25) is 0 Å². The first-order valence-corrected chi connectivity index (χ1v) is 5.68. The first kappa shape index (κ1) is 12.2. The quantitative estimate of drug-likeness (QED) is 0.647. The summed E-state index contributed by atoms with van der Waals surface area (Å²) in [6.07, 6.45) is 3.72. The fraction of sp³-hybridized carbons (Fsp3) is 0.818. The van der Waals surface area contributed by atoms with Crippen LogP contribution in [0.5, 0.6) is 0 Å². The zero-order valence-corrected chi connectivity index (χ0v) is 9.94. The molecular formula is C11H21N3O. The molecule has 0 N–H and O–H groups in total. The van der Waals surface area contributed by atoms with Crippen LogP contribution in [0.1, 0.15) is 33.0 Å². The summed E-state index contributed by atoms with van der Waals surface area (Å²) in [6.45, 7) is 9.05. The third-order valence-electron chi connectivity index (χ3n) is 2.08. The molecule has 0 spiro atoms. The molecule has 0 radical (unpaired) electrons. The topological polar surface area (TPSA) is 39.9 Å². The Bertz CT molecular complexity index is 271. The van der Waals surface area contributed by atoms with Crippen LogP contribution in [0.3, 0.4) is 0 Å². The Hall–Kier alpha value is -0.900. The third-order valence-corrected chi connectivity index (χ3v) is 2.08. The zero-order chi connectivity index (χ0) is 11.1. The molecule has 0 unspecified atom stereocenters. The van der Waals surface area contributed by atoms with Gasteiger partial charge in [0.05, 0.1) is 6.61 Å². The predicted molar refractivity (Wildman–Crippen MR) is 59.7 cm³/mol. The van der Waals surface area contributed by atoms with Gasteiger partial charge in [-0.2, -0.15) is 0 Å². The Labute approximate surface area is 91.7 Å². The van der Waals surface area contributed by atoms with Gasteiger partial charge < -0.3 is 9.30 Å². The van der Waals surface area contributed by atoms with Gasteiger partial charge in [-0.15, -0.1) is 10.2 Å². The fourth-order valence-electron chi connectivity index (χ4n) is 1.43. The lowest BCUT2D eigenvalue weighted by Crippen LogP contribution is -2.10. The van der Waals surface area contributed by atoms with Gasteiger partial charge in [0.15, 0.2) is 0 Å². The number of nitrogens with zero attached hydrogens (tertiary/aromatic N) is 3. The lowest BCUT2D eigenvalue weighted by atomic mass is 10.2. The van der Waals surface area contributed by atoms with E-state index in [2.05, 4.69) is 35.5 Å². The highest BCUT2D eigenvalue weighted by Gasteiger charge is 2.05. The van der Waals surface area contributed by atoms with Crippen LogP contribution < -0.4 is 0 Å². The average molecular weight is 211 g/mol. The van der Waals surface area contributed by atoms with Gasteiger partial charge in [0, 0.05) is 19.6 Å². The summed E-state index contributed by atoms with van der Waals surface area (Å²) in [6, 6.07) is 0. The lowest BCUT2D eigenvalue weighted by molar-refractivity contribution is 0.136. The molecule has 0 fully saturated rings. The van der Waals surface area contributed by atoms with Crippen molar-refractivity contribution in [2.75, 3.05) is 13.2 Å². The summed E-state index contributed by atoms with van der Waals surface area (Å²) in [7, 11) is 0. The van der Waals surface area contributed by atoms with Crippen LogP contribution in [0.4, 0.5) is 0 Å². The molecule has 0 aliphatic carbocycles. The Morgan fingerprint density at radius 1 is 1.40 bits per heavy atom. The van der Waals surface area contributed by atoms with Crippen molar-refractivity contribution in [3.05, 3.63) is 12.2 Å². The molecule has 0 amide bonds. The number of rotatable bonds is 7. The molecule has 0 bridgehead atoms. The first-order chi connectivity index (χ1) is 7.24. The minimum Gasteiger partial charge on any atom is -0.381 e. The highest BCUT2D eigenvalue weighted by atomic mass is 16.5. The number of aromatic nitrogens is 3. The van der Waals surface area contributed by atoms with Gasteiger partial charge in [-0.1, -0.05) is 20.8 Å². The van der Waals surface area contributed by atoms with E-state index in [0.29, 0.717) is 5.92 Å². The maximum absolute atomic E-state index is 5.43. The molecule has 0 aliphatic heterocycles. The van der Waals surface area contributed by atoms with E-state index in [9.17, 15) is 0 Å². The van der Waals surface area contributed by atoms with Crippen molar-refractivity contribution >= 4 is 0 Å². The minimum absolute atomic E-state index is 0.622. The first-order valence-electron chi connectivity index (χ1n) is 5.68. The summed E-state index contributed by atoms with van der Waals surface area (Å²) in [4.78, 5) is 0. The third kappa shape index (κ3) is 4.42. The van der Waals surface area contributed by atoms with Crippen molar-refractivity contribution in [1.29, 1.82) is 0 Å². The maximum Gasteiger partial charge on any atom is 0.135 e. The molecule has 1 rings (SSSR count). The largest absolute Gasteiger partial charge is 0.381 e. The van der Waals surface area contributed by atoms with Crippen LogP contribution in [0, 0.1) is 5.92 Å². The summed E-state index contributed by atoms with van der Waals surface area (Å²) in [5.41, 5.74) is 0. The highest BCUT2D eigenvalue weighted by molar-refractivity contribution is 4.86. The van der Waals surface area contributed by atoms with E-state index in [4.69, 9.17) is 4.74 Å². The molecule has 4 nitrogen and oxygen atoms in total. The van der Waals surface area contributed by atoms with Crippen molar-refractivity contribution in [2.24, 2.45) is 5.92 Å². The van der Waals surface area contributed by atoms with Crippen molar-refractivity contribution in [3.8, 4) is 0 Å². The molecule has 0 aliphatic rings. The average Bonchev–Trinajstić information content (AvgIpc) is 2.59. The van der Waals surface area contributed by atoms with Gasteiger partial charge in [0.25, 0.3) is 0 Å². The SMILES string of the molecule is CCCOCCc1nncn1CC(C)C. The van der Waals surface area contributed by atoms with E-state index in [1.807, 2.05) is 0 Å². The summed E-state index contributed by atoms with van der Waals surface area (Å²) < 4.78 is 7.55. The van der Waals surface area contributed by atoms with E-state index in [-0.39, 0.29) is 0 Å². The van der Waals surface area contributed by atoms with Crippen molar-refractivity contribution in [1.82, 2.24) is 14.8 Å². The Morgan fingerprint density at radius 3 is 2.87 bits per heavy atom. The normalized spacial score (nSPS) is 11.2. The van der Waals surface area contributed by atoms with Crippen LogP contribution in [0.15, 0.2) is 6.33 Å². The minimum atomic E-state index is 0.622. The molecule has 0 aromatic carbocycles. The Balaban J connectivity index is 2.36. The predicted octanol–water partition coefficient (Wildman–Crippen LogP) is 1.90. The van der Waals surface area contributed by atoms with Crippen molar-refractivity contribution in [2.45, 2.75) is 40.2 Å². The van der Waals surface area contributed by atoms with Gasteiger partial charge >= 0.3 is 0 Å². The van der Waals surface area contributed by atoms with E-state index in [0.717, 1.165) is 38.4 Å².